The van der Waals surface area contributed by atoms with Crippen LogP contribution < -0.4 is 0 Å². The summed E-state index contributed by atoms with van der Waals surface area (Å²) in [4.78, 5) is 0. The minimum absolute atomic E-state index is 0.719. The van der Waals surface area contributed by atoms with Gasteiger partial charge in [-0.25, -0.2) is 0 Å². The van der Waals surface area contributed by atoms with Crippen molar-refractivity contribution in [3.63, 3.8) is 0 Å². The third-order valence-corrected chi connectivity index (χ3v) is 13.0. The van der Waals surface area contributed by atoms with Gasteiger partial charge in [-0.05, 0) is 6.66 Å². The molecule has 0 N–H and O–H groups in total. The van der Waals surface area contributed by atoms with E-state index in [1.807, 2.05) is 0 Å². The van der Waals surface area contributed by atoms with E-state index in [1.165, 1.54) is 18.1 Å². The topological polar surface area (TPSA) is 0 Å². The highest BCUT2D eigenvalue weighted by Gasteiger charge is 2.24. The maximum absolute atomic E-state index is 2.36. The zero-order valence-corrected chi connectivity index (χ0v) is 8.96. The van der Waals surface area contributed by atoms with Gasteiger partial charge in [-0.1, -0.05) is 38.9 Å². The van der Waals surface area contributed by atoms with Gasteiger partial charge in [0.05, 0.1) is 7.74 Å². The van der Waals surface area contributed by atoms with Crippen LogP contribution in [-0.2, 0) is 0 Å². The maximum atomic E-state index is 2.36. The second-order valence-corrected chi connectivity index (χ2v) is 11.7. The largest absolute Gasteiger partial charge is 0.100 e. The predicted molar refractivity (Wildman–Crippen MR) is 50.0 cm³/mol. The van der Waals surface area contributed by atoms with E-state index < -0.39 is 7.74 Å². The molecule has 0 aromatic rings. The highest BCUT2D eigenvalue weighted by molar-refractivity contribution is 7.81. The molecule has 0 atom stereocenters. The molecule has 0 spiro atoms. The Morgan fingerprint density at radius 1 is 1.00 bits per heavy atom. The van der Waals surface area contributed by atoms with Crippen LogP contribution in [0.15, 0.2) is 0 Å². The van der Waals surface area contributed by atoms with Gasteiger partial charge in [-0.3, -0.25) is 0 Å². The van der Waals surface area contributed by atoms with E-state index in [0.29, 0.717) is 0 Å². The summed E-state index contributed by atoms with van der Waals surface area (Å²) in [5, 5.41) is 0. The molecule has 0 aliphatic heterocycles. The van der Waals surface area contributed by atoms with Crippen LogP contribution in [0, 0.1) is 0 Å². The van der Waals surface area contributed by atoms with Crippen molar-refractivity contribution in [2.24, 2.45) is 0 Å². The van der Waals surface area contributed by atoms with Gasteiger partial charge in [-0.15, -0.1) is 8.13 Å². The van der Waals surface area contributed by atoms with Crippen LogP contribution in [0.4, 0.5) is 0 Å². The lowest BCUT2D eigenvalue weighted by Gasteiger charge is -2.24. The van der Waals surface area contributed by atoms with Gasteiger partial charge in [0, 0.05) is 0 Å². The van der Waals surface area contributed by atoms with Crippen LogP contribution in [0.25, 0.3) is 0 Å². The Hall–Kier alpha value is 0.647. The summed E-state index contributed by atoms with van der Waals surface area (Å²) in [6, 6.07) is 4.41. The fraction of sp³-hybridized carbons (Fsp3) is 1.00. The molecule has 55 valence electrons. The summed E-state index contributed by atoms with van der Waals surface area (Å²) >= 11 is 0. The first-order valence-electron chi connectivity index (χ1n) is 3.85. The van der Waals surface area contributed by atoms with Crippen LogP contribution in [0.2, 0.25) is 18.1 Å². The van der Waals surface area contributed by atoms with Crippen LogP contribution in [0.1, 0.15) is 20.8 Å². The molecule has 0 nitrogen and oxygen atoms in total. The summed E-state index contributed by atoms with van der Waals surface area (Å²) in [6.45, 7) is 9.41. The van der Waals surface area contributed by atoms with Crippen molar-refractivity contribution in [2.75, 3.05) is 6.66 Å². The average Bonchev–Trinajstić information content (AvgIpc) is 1.95. The smallest absolute Gasteiger partial charge is 0.0846 e. The fourth-order valence-electron chi connectivity index (χ4n) is 1.22. The lowest BCUT2D eigenvalue weighted by atomic mass is 10.9. The summed E-state index contributed by atoms with van der Waals surface area (Å²) in [6.07, 6.45) is 0. The van der Waals surface area contributed by atoms with Gasteiger partial charge >= 0.3 is 0 Å². The first-order chi connectivity index (χ1) is 4.24. The molecule has 0 saturated heterocycles. The predicted octanol–water partition coefficient (Wildman–Crippen LogP) is 3.57. The molecule has 2 heteroatoms. The third-order valence-electron chi connectivity index (χ3n) is 2.45. The Bertz CT molecular complexity index is 51.8. The SMILES string of the molecule is CC[Si](CC)(CC)[P]C. The Morgan fingerprint density at radius 3 is 1.33 bits per heavy atom. The van der Waals surface area contributed by atoms with Gasteiger partial charge in [0.2, 0.25) is 0 Å². The molecule has 0 bridgehead atoms. The second-order valence-electron chi connectivity index (χ2n) is 2.51. The highest BCUT2D eigenvalue weighted by atomic mass is 31.3. The molecule has 0 rings (SSSR count). The van der Waals surface area contributed by atoms with Gasteiger partial charge in [0.25, 0.3) is 0 Å². The van der Waals surface area contributed by atoms with Crippen LogP contribution in [0.5, 0.6) is 0 Å². The standard InChI is InChI=1S/C7H18PSi/c1-5-9(6-2,7-3)8-4/h5-7H2,1-4H3. The van der Waals surface area contributed by atoms with Crippen molar-refractivity contribution < 1.29 is 0 Å². The van der Waals surface area contributed by atoms with Gasteiger partial charge < -0.3 is 0 Å². The second kappa shape index (κ2) is 4.46. The summed E-state index contributed by atoms with van der Waals surface area (Å²) < 4.78 is 0. The van der Waals surface area contributed by atoms with Gasteiger partial charge in [0.15, 0.2) is 0 Å². The molecule has 9 heavy (non-hydrogen) atoms. The number of rotatable bonds is 4. The van der Waals surface area contributed by atoms with Crippen molar-refractivity contribution in [1.82, 2.24) is 0 Å². The zero-order valence-electron chi connectivity index (χ0n) is 7.07. The normalized spacial score (nSPS) is 13.3. The van der Waals surface area contributed by atoms with E-state index in [4.69, 9.17) is 0 Å². The maximum Gasteiger partial charge on any atom is 0.0846 e. The van der Waals surface area contributed by atoms with E-state index in [2.05, 4.69) is 27.4 Å². The Labute approximate surface area is 62.1 Å². The molecule has 0 aromatic heterocycles. The van der Waals surface area contributed by atoms with Crippen LogP contribution in [-0.4, -0.2) is 14.4 Å². The molecule has 0 aliphatic carbocycles. The Kier molecular flexibility index (Phi) is 4.78. The van der Waals surface area contributed by atoms with E-state index in [-0.39, 0.29) is 0 Å². The first kappa shape index (κ1) is 9.65. The van der Waals surface area contributed by atoms with Gasteiger partial charge in [0.1, 0.15) is 0 Å². The molecule has 0 unspecified atom stereocenters. The molecule has 1 radical (unpaired) electrons. The number of hydrogen-bond acceptors (Lipinski definition) is 0. The van der Waals surface area contributed by atoms with Crippen molar-refractivity contribution in [3.05, 3.63) is 0 Å². The van der Waals surface area contributed by atoms with Crippen LogP contribution >= 0.6 is 8.13 Å². The van der Waals surface area contributed by atoms with E-state index in [1.54, 1.807) is 8.13 Å². The molecule has 0 saturated carbocycles. The molecule has 0 fully saturated rings. The van der Waals surface area contributed by atoms with Crippen molar-refractivity contribution in [1.29, 1.82) is 0 Å². The lowest BCUT2D eigenvalue weighted by molar-refractivity contribution is 1.22. The highest BCUT2D eigenvalue weighted by Crippen LogP contribution is 2.34. The zero-order chi connectivity index (χ0) is 7.33. The monoisotopic (exact) mass is 161 g/mol. The molecule has 0 aromatic carbocycles. The van der Waals surface area contributed by atoms with E-state index >= 15 is 0 Å². The van der Waals surface area contributed by atoms with Crippen molar-refractivity contribution >= 4 is 15.9 Å². The van der Waals surface area contributed by atoms with Crippen molar-refractivity contribution in [3.8, 4) is 0 Å². The minimum atomic E-state index is -0.719. The summed E-state index contributed by atoms with van der Waals surface area (Å²) in [5.74, 6) is 0. The lowest BCUT2D eigenvalue weighted by Crippen LogP contribution is -2.24. The molecule has 0 aliphatic rings. The molecular formula is C7H18PSi. The third kappa shape index (κ3) is 2.39. The minimum Gasteiger partial charge on any atom is -0.100 e. The Morgan fingerprint density at radius 2 is 1.33 bits per heavy atom. The van der Waals surface area contributed by atoms with Crippen molar-refractivity contribution in [2.45, 2.75) is 38.9 Å². The average molecular weight is 161 g/mol. The van der Waals surface area contributed by atoms with Crippen LogP contribution in [0.3, 0.4) is 0 Å². The first-order valence-corrected chi connectivity index (χ1v) is 8.66. The van der Waals surface area contributed by atoms with E-state index in [9.17, 15) is 0 Å². The molecule has 0 heterocycles. The fourth-order valence-corrected chi connectivity index (χ4v) is 6.52. The summed E-state index contributed by atoms with van der Waals surface area (Å²) in [7, 11) is 0.988. The molecular weight excluding hydrogens is 143 g/mol. The summed E-state index contributed by atoms with van der Waals surface area (Å²) in [5.41, 5.74) is 0. The quantitative estimate of drug-likeness (QED) is 0.437. The number of hydrogen-bond donors (Lipinski definition) is 0. The Balaban J connectivity index is 3.82. The molecule has 0 amide bonds. The van der Waals surface area contributed by atoms with Gasteiger partial charge in [-0.2, -0.15) is 0 Å². The van der Waals surface area contributed by atoms with E-state index in [0.717, 1.165) is 0 Å².